The molecule has 0 aliphatic heterocycles. The monoisotopic (exact) mass is 545 g/mol. The Labute approximate surface area is 237 Å². The standard InChI is InChI=1S/C33H39NO6/c1-4-31(35)38-28(25-16-10-7-11-17-25)22-34(23-29(39-32(36)5-2)26-18-12-8-13-19-26)24-30(40-33(37)6-3)27-20-14-9-15-21-27/h7-21,28-30H,4-6,22-24H2,1-3H3/t28-,29?,30?/m0/s1. The highest BCUT2D eigenvalue weighted by Crippen LogP contribution is 2.27. The molecule has 3 rings (SSSR count). The Morgan fingerprint density at radius 1 is 0.500 bits per heavy atom. The van der Waals surface area contributed by atoms with E-state index in [1.807, 2.05) is 95.9 Å². The van der Waals surface area contributed by atoms with Crippen LogP contribution in [0.3, 0.4) is 0 Å². The van der Waals surface area contributed by atoms with E-state index in [0.29, 0.717) is 19.6 Å². The van der Waals surface area contributed by atoms with Crippen LogP contribution < -0.4 is 0 Å². The molecule has 212 valence electrons. The van der Waals surface area contributed by atoms with Crippen molar-refractivity contribution < 1.29 is 28.6 Å². The zero-order valence-corrected chi connectivity index (χ0v) is 23.5. The van der Waals surface area contributed by atoms with Gasteiger partial charge in [-0.2, -0.15) is 0 Å². The molecule has 0 amide bonds. The lowest BCUT2D eigenvalue weighted by molar-refractivity contribution is -0.153. The smallest absolute Gasteiger partial charge is 0.306 e. The molecule has 0 bridgehead atoms. The van der Waals surface area contributed by atoms with Crippen molar-refractivity contribution in [2.24, 2.45) is 0 Å². The van der Waals surface area contributed by atoms with Crippen molar-refractivity contribution in [1.82, 2.24) is 4.90 Å². The summed E-state index contributed by atoms with van der Waals surface area (Å²) in [5, 5.41) is 0. The van der Waals surface area contributed by atoms with Crippen molar-refractivity contribution in [3.63, 3.8) is 0 Å². The van der Waals surface area contributed by atoms with Gasteiger partial charge in [0, 0.05) is 38.9 Å². The van der Waals surface area contributed by atoms with Crippen LogP contribution in [-0.4, -0.2) is 42.4 Å². The van der Waals surface area contributed by atoms with Gasteiger partial charge in [0.1, 0.15) is 18.3 Å². The molecule has 3 aromatic rings. The fourth-order valence-corrected chi connectivity index (χ4v) is 4.29. The maximum absolute atomic E-state index is 12.5. The van der Waals surface area contributed by atoms with Gasteiger partial charge in [-0.15, -0.1) is 0 Å². The third-order valence-corrected chi connectivity index (χ3v) is 6.47. The molecule has 0 saturated carbocycles. The van der Waals surface area contributed by atoms with E-state index >= 15 is 0 Å². The van der Waals surface area contributed by atoms with E-state index in [2.05, 4.69) is 0 Å². The second-order valence-corrected chi connectivity index (χ2v) is 9.45. The Hall–Kier alpha value is -3.97. The first-order chi connectivity index (χ1) is 19.4. The lowest BCUT2D eigenvalue weighted by Crippen LogP contribution is -2.39. The first-order valence-electron chi connectivity index (χ1n) is 13.9. The van der Waals surface area contributed by atoms with Crippen molar-refractivity contribution >= 4 is 17.9 Å². The van der Waals surface area contributed by atoms with Gasteiger partial charge in [0.2, 0.25) is 0 Å². The summed E-state index contributed by atoms with van der Waals surface area (Å²) in [5.41, 5.74) is 2.54. The van der Waals surface area contributed by atoms with E-state index in [-0.39, 0.29) is 37.2 Å². The van der Waals surface area contributed by atoms with Crippen LogP contribution in [0.4, 0.5) is 0 Å². The molecular weight excluding hydrogens is 506 g/mol. The fourth-order valence-electron chi connectivity index (χ4n) is 4.29. The van der Waals surface area contributed by atoms with Crippen LogP contribution in [0.1, 0.15) is 75.0 Å². The lowest BCUT2D eigenvalue weighted by atomic mass is 10.0. The number of carbonyl (C=O) groups is 3. The van der Waals surface area contributed by atoms with Gasteiger partial charge < -0.3 is 14.2 Å². The molecule has 0 heterocycles. The Balaban J connectivity index is 2.00. The molecule has 3 atom stereocenters. The topological polar surface area (TPSA) is 82.1 Å². The number of carbonyl (C=O) groups excluding carboxylic acids is 3. The van der Waals surface area contributed by atoms with Gasteiger partial charge >= 0.3 is 17.9 Å². The van der Waals surface area contributed by atoms with Gasteiger partial charge in [0.25, 0.3) is 0 Å². The minimum Gasteiger partial charge on any atom is -0.456 e. The number of hydrogen-bond acceptors (Lipinski definition) is 7. The van der Waals surface area contributed by atoms with Crippen molar-refractivity contribution in [3.05, 3.63) is 108 Å². The van der Waals surface area contributed by atoms with Gasteiger partial charge in [-0.05, 0) is 16.7 Å². The van der Waals surface area contributed by atoms with Crippen LogP contribution >= 0.6 is 0 Å². The van der Waals surface area contributed by atoms with Crippen LogP contribution in [0.5, 0.6) is 0 Å². The van der Waals surface area contributed by atoms with Gasteiger partial charge in [0.15, 0.2) is 0 Å². The van der Waals surface area contributed by atoms with E-state index in [4.69, 9.17) is 14.2 Å². The van der Waals surface area contributed by atoms with Gasteiger partial charge in [0.05, 0.1) is 0 Å². The predicted molar refractivity (Wildman–Crippen MR) is 153 cm³/mol. The quantitative estimate of drug-likeness (QED) is 0.162. The van der Waals surface area contributed by atoms with Crippen molar-refractivity contribution in [1.29, 1.82) is 0 Å². The highest BCUT2D eigenvalue weighted by atomic mass is 16.6. The summed E-state index contributed by atoms with van der Waals surface area (Å²) in [6.45, 7) is 6.18. The zero-order chi connectivity index (χ0) is 28.7. The average Bonchev–Trinajstić information content (AvgIpc) is 3.00. The molecule has 0 aliphatic rings. The van der Waals surface area contributed by atoms with Crippen LogP contribution in [0.15, 0.2) is 91.0 Å². The zero-order valence-electron chi connectivity index (χ0n) is 23.5. The van der Waals surface area contributed by atoms with Crippen LogP contribution in [0, 0.1) is 0 Å². The largest absolute Gasteiger partial charge is 0.456 e. The van der Waals surface area contributed by atoms with Crippen LogP contribution in [0.2, 0.25) is 0 Å². The lowest BCUT2D eigenvalue weighted by Gasteiger charge is -2.33. The number of esters is 3. The maximum atomic E-state index is 12.5. The molecule has 0 aromatic heterocycles. The van der Waals surface area contributed by atoms with E-state index in [9.17, 15) is 14.4 Å². The van der Waals surface area contributed by atoms with E-state index in [0.717, 1.165) is 16.7 Å². The molecule has 0 radical (unpaired) electrons. The number of nitrogens with zero attached hydrogens (tertiary/aromatic N) is 1. The van der Waals surface area contributed by atoms with E-state index < -0.39 is 18.3 Å². The summed E-state index contributed by atoms with van der Waals surface area (Å²) in [6.07, 6.45) is -1.01. The highest BCUT2D eigenvalue weighted by Gasteiger charge is 2.28. The number of ether oxygens (including phenoxy) is 3. The first kappa shape index (κ1) is 30.6. The molecule has 0 saturated heterocycles. The van der Waals surface area contributed by atoms with Crippen molar-refractivity contribution in [3.8, 4) is 0 Å². The van der Waals surface area contributed by atoms with Gasteiger partial charge in [-0.1, -0.05) is 112 Å². The molecule has 0 spiro atoms. The molecule has 0 fully saturated rings. The van der Waals surface area contributed by atoms with Crippen LogP contribution in [0.25, 0.3) is 0 Å². The number of benzene rings is 3. The summed E-state index contributed by atoms with van der Waals surface area (Å²) in [6, 6.07) is 28.6. The summed E-state index contributed by atoms with van der Waals surface area (Å²) in [7, 11) is 0. The Bertz CT molecular complexity index is 1030. The van der Waals surface area contributed by atoms with Gasteiger partial charge in [-0.25, -0.2) is 0 Å². The second-order valence-electron chi connectivity index (χ2n) is 9.45. The molecule has 7 nitrogen and oxygen atoms in total. The van der Waals surface area contributed by atoms with E-state index in [1.54, 1.807) is 20.8 Å². The number of rotatable bonds is 15. The summed E-state index contributed by atoms with van der Waals surface area (Å²) in [5.74, 6) is -0.950. The molecule has 0 N–H and O–H groups in total. The second kappa shape index (κ2) is 16.2. The molecule has 7 heteroatoms. The molecular formula is C33H39NO6. The first-order valence-corrected chi connectivity index (χ1v) is 13.9. The SMILES string of the molecule is CCC(=O)OC(CN(CC(OC(=O)CC)c1ccccc1)C[C@H](OC(=O)CC)c1ccccc1)c1ccccc1. The summed E-state index contributed by atoms with van der Waals surface area (Å²) < 4.78 is 17.7. The fraction of sp³-hybridized carbons (Fsp3) is 0.364. The Morgan fingerprint density at radius 3 is 0.975 bits per heavy atom. The normalized spacial score (nSPS) is 13.2. The summed E-state index contributed by atoms with van der Waals surface area (Å²) >= 11 is 0. The molecule has 2 unspecified atom stereocenters. The third kappa shape index (κ3) is 9.65. The molecule has 40 heavy (non-hydrogen) atoms. The van der Waals surface area contributed by atoms with Crippen LogP contribution in [-0.2, 0) is 28.6 Å². The minimum absolute atomic E-state index is 0.241. The maximum Gasteiger partial charge on any atom is 0.306 e. The third-order valence-electron chi connectivity index (χ3n) is 6.47. The predicted octanol–water partition coefficient (Wildman–Crippen LogP) is 6.37. The summed E-state index contributed by atoms with van der Waals surface area (Å²) in [4.78, 5) is 39.4. The molecule has 0 aliphatic carbocycles. The highest BCUT2D eigenvalue weighted by molar-refractivity contribution is 5.70. The van der Waals surface area contributed by atoms with Gasteiger partial charge in [-0.3, -0.25) is 19.3 Å². The van der Waals surface area contributed by atoms with E-state index in [1.165, 1.54) is 0 Å². The average molecular weight is 546 g/mol. The minimum atomic E-state index is -0.578. The Morgan fingerprint density at radius 2 is 0.750 bits per heavy atom. The molecule has 3 aromatic carbocycles. The number of hydrogen-bond donors (Lipinski definition) is 0. The van der Waals surface area contributed by atoms with Crippen molar-refractivity contribution in [2.45, 2.75) is 58.3 Å². The Kier molecular flexibility index (Phi) is 12.4. The van der Waals surface area contributed by atoms with Crippen molar-refractivity contribution in [2.75, 3.05) is 19.6 Å².